The highest BCUT2D eigenvalue weighted by Gasteiger charge is 2.00. The van der Waals surface area contributed by atoms with Crippen LogP contribution in [0.15, 0.2) is 0 Å². The number of hydrogen-bond acceptors (Lipinski definition) is 3. The van der Waals surface area contributed by atoms with Crippen molar-refractivity contribution in [2.75, 3.05) is 40.3 Å². The molecule has 0 aromatic rings. The van der Waals surface area contributed by atoms with Crippen molar-refractivity contribution in [3.8, 4) is 0 Å². The van der Waals surface area contributed by atoms with Gasteiger partial charge in [0.05, 0.1) is 6.54 Å². The van der Waals surface area contributed by atoms with E-state index in [1.165, 1.54) is 0 Å². The zero-order valence-electron chi connectivity index (χ0n) is 8.89. The van der Waals surface area contributed by atoms with Gasteiger partial charge in [-0.25, -0.2) is 0 Å². The topological polar surface area (TPSA) is 44.4 Å². The Morgan fingerprint density at radius 2 is 2.00 bits per heavy atom. The molecule has 78 valence electrons. The van der Waals surface area contributed by atoms with Crippen LogP contribution in [-0.2, 0) is 4.79 Å². The summed E-state index contributed by atoms with van der Waals surface area (Å²) in [4.78, 5) is 13.0. The summed E-state index contributed by atoms with van der Waals surface area (Å²) in [7, 11) is 3.77. The van der Waals surface area contributed by atoms with Gasteiger partial charge in [-0.3, -0.25) is 4.79 Å². The summed E-state index contributed by atoms with van der Waals surface area (Å²) in [5.74, 6) is 0.0986. The van der Waals surface area contributed by atoms with E-state index in [0.717, 1.165) is 26.1 Å². The van der Waals surface area contributed by atoms with Crippen molar-refractivity contribution in [3.05, 3.63) is 0 Å². The second-order valence-electron chi connectivity index (χ2n) is 3.29. The molecule has 4 heteroatoms. The Morgan fingerprint density at radius 3 is 2.54 bits per heavy atom. The van der Waals surface area contributed by atoms with Crippen molar-refractivity contribution in [2.24, 2.45) is 0 Å². The van der Waals surface area contributed by atoms with Gasteiger partial charge in [0.1, 0.15) is 0 Å². The average molecular weight is 187 g/mol. The van der Waals surface area contributed by atoms with Crippen LogP contribution >= 0.6 is 0 Å². The molecule has 0 aliphatic carbocycles. The summed E-state index contributed by atoms with van der Waals surface area (Å²) >= 11 is 0. The number of carbonyl (C=O) groups is 1. The molecule has 0 aromatic heterocycles. The molecule has 13 heavy (non-hydrogen) atoms. The number of nitrogens with one attached hydrogen (secondary N) is 2. The first-order valence-electron chi connectivity index (χ1n) is 4.79. The van der Waals surface area contributed by atoms with Gasteiger partial charge >= 0.3 is 0 Å². The Hall–Kier alpha value is -0.610. The van der Waals surface area contributed by atoms with Gasteiger partial charge in [0.15, 0.2) is 0 Å². The van der Waals surface area contributed by atoms with E-state index < -0.39 is 0 Å². The van der Waals surface area contributed by atoms with Gasteiger partial charge in [0.2, 0.25) is 5.91 Å². The van der Waals surface area contributed by atoms with E-state index in [-0.39, 0.29) is 5.91 Å². The minimum absolute atomic E-state index is 0.0986. The Balaban J connectivity index is 3.17. The molecule has 0 bridgehead atoms. The van der Waals surface area contributed by atoms with Gasteiger partial charge in [-0.05, 0) is 33.6 Å². The number of likely N-dealkylation sites (N-methyl/N-ethyl adjacent to an activating group) is 1. The van der Waals surface area contributed by atoms with Gasteiger partial charge in [0.25, 0.3) is 0 Å². The summed E-state index contributed by atoms with van der Waals surface area (Å²) in [6, 6.07) is 0. The number of carbonyl (C=O) groups excluding carboxylic acids is 1. The van der Waals surface area contributed by atoms with Crippen LogP contribution < -0.4 is 10.6 Å². The zero-order chi connectivity index (χ0) is 10.1. The third-order valence-corrected chi connectivity index (χ3v) is 1.56. The monoisotopic (exact) mass is 187 g/mol. The Kier molecular flexibility index (Phi) is 7.63. The van der Waals surface area contributed by atoms with E-state index >= 15 is 0 Å². The standard InChI is InChI=1S/C9H21N3O/c1-4-10-6-5-7-11-9(13)8-12(2)3/h10H,4-8H2,1-3H3,(H,11,13). The highest BCUT2D eigenvalue weighted by Crippen LogP contribution is 1.77. The maximum Gasteiger partial charge on any atom is 0.234 e. The van der Waals surface area contributed by atoms with Gasteiger partial charge in [-0.1, -0.05) is 6.92 Å². The summed E-state index contributed by atoms with van der Waals surface area (Å²) in [5, 5.41) is 6.05. The van der Waals surface area contributed by atoms with Crippen molar-refractivity contribution in [3.63, 3.8) is 0 Å². The van der Waals surface area contributed by atoms with Crippen LogP contribution in [0.3, 0.4) is 0 Å². The molecule has 0 fully saturated rings. The average Bonchev–Trinajstić information content (AvgIpc) is 2.02. The van der Waals surface area contributed by atoms with Crippen LogP contribution in [0.1, 0.15) is 13.3 Å². The fourth-order valence-electron chi connectivity index (χ4n) is 0.961. The van der Waals surface area contributed by atoms with Gasteiger partial charge in [-0.2, -0.15) is 0 Å². The van der Waals surface area contributed by atoms with E-state index in [0.29, 0.717) is 6.54 Å². The molecule has 0 spiro atoms. The van der Waals surface area contributed by atoms with E-state index in [4.69, 9.17) is 0 Å². The van der Waals surface area contributed by atoms with Crippen LogP contribution in [-0.4, -0.2) is 51.1 Å². The SMILES string of the molecule is CCNCCCNC(=O)CN(C)C. The molecule has 0 heterocycles. The molecule has 0 unspecified atom stereocenters. The minimum atomic E-state index is 0.0986. The molecule has 0 saturated heterocycles. The van der Waals surface area contributed by atoms with Crippen molar-refractivity contribution in [1.82, 2.24) is 15.5 Å². The highest BCUT2D eigenvalue weighted by atomic mass is 16.1. The smallest absolute Gasteiger partial charge is 0.234 e. The maximum absolute atomic E-state index is 11.1. The van der Waals surface area contributed by atoms with Crippen molar-refractivity contribution in [2.45, 2.75) is 13.3 Å². The van der Waals surface area contributed by atoms with Crippen molar-refractivity contribution in [1.29, 1.82) is 0 Å². The largest absolute Gasteiger partial charge is 0.355 e. The molecule has 0 aromatic carbocycles. The lowest BCUT2D eigenvalue weighted by Crippen LogP contribution is -2.34. The van der Waals surface area contributed by atoms with Gasteiger partial charge in [-0.15, -0.1) is 0 Å². The van der Waals surface area contributed by atoms with Crippen LogP contribution in [0.4, 0.5) is 0 Å². The molecule has 0 saturated carbocycles. The van der Waals surface area contributed by atoms with Crippen LogP contribution in [0.2, 0.25) is 0 Å². The predicted octanol–water partition coefficient (Wildman–Crippen LogP) is -0.336. The molecule has 0 aliphatic heterocycles. The lowest BCUT2D eigenvalue weighted by molar-refractivity contribution is -0.121. The molecule has 4 nitrogen and oxygen atoms in total. The first-order chi connectivity index (χ1) is 6.16. The number of amides is 1. The second-order valence-corrected chi connectivity index (χ2v) is 3.29. The maximum atomic E-state index is 11.1. The highest BCUT2D eigenvalue weighted by molar-refractivity contribution is 5.77. The van der Waals surface area contributed by atoms with E-state index in [9.17, 15) is 4.79 Å². The Morgan fingerprint density at radius 1 is 1.31 bits per heavy atom. The number of rotatable bonds is 7. The minimum Gasteiger partial charge on any atom is -0.355 e. The molecule has 0 radical (unpaired) electrons. The summed E-state index contributed by atoms with van der Waals surface area (Å²) < 4.78 is 0. The molecule has 2 N–H and O–H groups in total. The molecular formula is C9H21N3O. The summed E-state index contributed by atoms with van der Waals surface area (Å²) in [6.45, 7) is 5.27. The number of hydrogen-bond donors (Lipinski definition) is 2. The lowest BCUT2D eigenvalue weighted by atomic mass is 10.4. The lowest BCUT2D eigenvalue weighted by Gasteiger charge is -2.09. The van der Waals surface area contributed by atoms with Crippen LogP contribution in [0.25, 0.3) is 0 Å². The quantitative estimate of drug-likeness (QED) is 0.536. The fraction of sp³-hybridized carbons (Fsp3) is 0.889. The third-order valence-electron chi connectivity index (χ3n) is 1.56. The Labute approximate surface area is 80.7 Å². The molecule has 1 amide bonds. The predicted molar refractivity (Wildman–Crippen MR) is 54.7 cm³/mol. The summed E-state index contributed by atoms with van der Waals surface area (Å²) in [6.07, 6.45) is 0.993. The molecule has 0 atom stereocenters. The third kappa shape index (κ3) is 9.30. The van der Waals surface area contributed by atoms with Gasteiger partial charge in [0, 0.05) is 6.54 Å². The van der Waals surface area contributed by atoms with Crippen molar-refractivity contribution >= 4 is 5.91 Å². The van der Waals surface area contributed by atoms with Gasteiger partial charge < -0.3 is 15.5 Å². The van der Waals surface area contributed by atoms with Crippen LogP contribution in [0.5, 0.6) is 0 Å². The first kappa shape index (κ1) is 12.4. The van der Waals surface area contributed by atoms with Crippen molar-refractivity contribution < 1.29 is 4.79 Å². The number of nitrogens with zero attached hydrogens (tertiary/aromatic N) is 1. The van der Waals surface area contributed by atoms with E-state index in [1.54, 1.807) is 0 Å². The second kappa shape index (κ2) is 8.01. The van der Waals surface area contributed by atoms with E-state index in [1.807, 2.05) is 19.0 Å². The molecule has 0 rings (SSSR count). The first-order valence-corrected chi connectivity index (χ1v) is 4.79. The molecular weight excluding hydrogens is 166 g/mol. The normalized spacial score (nSPS) is 10.5. The summed E-state index contributed by atoms with van der Waals surface area (Å²) in [5.41, 5.74) is 0. The Bertz CT molecular complexity index is 137. The van der Waals surface area contributed by atoms with E-state index in [2.05, 4.69) is 17.6 Å². The fourth-order valence-corrected chi connectivity index (χ4v) is 0.961. The molecule has 0 aliphatic rings. The van der Waals surface area contributed by atoms with Crippen LogP contribution in [0, 0.1) is 0 Å². The zero-order valence-corrected chi connectivity index (χ0v) is 8.89.